The predicted molar refractivity (Wildman–Crippen MR) is 95.5 cm³/mol. The summed E-state index contributed by atoms with van der Waals surface area (Å²) in [4.78, 5) is 17.1. The SMILES string of the molecule is O=C1NCCc2sc(NCC(O)c3cccc4ccccc34)nc21. The number of anilines is 1. The van der Waals surface area contributed by atoms with Gasteiger partial charge in [-0.05, 0) is 16.3 Å². The average Bonchev–Trinajstić information content (AvgIpc) is 3.04. The lowest BCUT2D eigenvalue weighted by Gasteiger charge is -2.14. The van der Waals surface area contributed by atoms with Gasteiger partial charge in [0.1, 0.15) is 5.69 Å². The van der Waals surface area contributed by atoms with Crippen LogP contribution in [0.1, 0.15) is 27.0 Å². The van der Waals surface area contributed by atoms with Gasteiger partial charge in [-0.1, -0.05) is 42.5 Å². The maximum absolute atomic E-state index is 11.8. The molecule has 0 fully saturated rings. The van der Waals surface area contributed by atoms with Gasteiger partial charge in [0.15, 0.2) is 5.13 Å². The molecule has 1 aliphatic rings. The fourth-order valence-corrected chi connectivity index (χ4v) is 3.95. The first-order chi connectivity index (χ1) is 11.7. The van der Waals surface area contributed by atoms with E-state index in [-0.39, 0.29) is 5.91 Å². The number of benzene rings is 2. The zero-order valence-electron chi connectivity index (χ0n) is 13.0. The molecule has 122 valence electrons. The van der Waals surface area contributed by atoms with Gasteiger partial charge in [-0.3, -0.25) is 4.79 Å². The van der Waals surface area contributed by atoms with E-state index in [4.69, 9.17) is 0 Å². The van der Waals surface area contributed by atoms with E-state index >= 15 is 0 Å². The fraction of sp³-hybridized carbons (Fsp3) is 0.222. The molecule has 1 aromatic heterocycles. The summed E-state index contributed by atoms with van der Waals surface area (Å²) in [6.07, 6.45) is 0.164. The third-order valence-corrected chi connectivity index (χ3v) is 5.25. The number of fused-ring (bicyclic) bond motifs is 2. The van der Waals surface area contributed by atoms with Crippen LogP contribution >= 0.6 is 11.3 Å². The highest BCUT2D eigenvalue weighted by Gasteiger charge is 2.22. The van der Waals surface area contributed by atoms with Gasteiger partial charge in [0, 0.05) is 24.4 Å². The number of carbonyl (C=O) groups is 1. The quantitative estimate of drug-likeness (QED) is 0.683. The zero-order chi connectivity index (χ0) is 16.5. The number of aliphatic hydroxyl groups excluding tert-OH is 1. The smallest absolute Gasteiger partial charge is 0.271 e. The summed E-state index contributed by atoms with van der Waals surface area (Å²) in [5.41, 5.74) is 1.40. The van der Waals surface area contributed by atoms with Crippen LogP contribution in [0, 0.1) is 0 Å². The molecule has 24 heavy (non-hydrogen) atoms. The van der Waals surface area contributed by atoms with Crippen molar-refractivity contribution in [1.82, 2.24) is 10.3 Å². The van der Waals surface area contributed by atoms with Gasteiger partial charge in [0.05, 0.1) is 6.10 Å². The van der Waals surface area contributed by atoms with Crippen LogP contribution in [-0.4, -0.2) is 29.1 Å². The fourth-order valence-electron chi connectivity index (χ4n) is 2.98. The molecule has 2 aromatic carbocycles. The van der Waals surface area contributed by atoms with E-state index in [1.54, 1.807) is 0 Å². The highest BCUT2D eigenvalue weighted by Crippen LogP contribution is 2.28. The molecule has 0 bridgehead atoms. The molecular formula is C18H17N3O2S. The molecule has 0 aliphatic carbocycles. The second kappa shape index (κ2) is 6.22. The normalized spacial score (nSPS) is 15.0. The van der Waals surface area contributed by atoms with E-state index in [0.29, 0.717) is 23.9 Å². The molecule has 1 unspecified atom stereocenters. The van der Waals surface area contributed by atoms with Gasteiger partial charge < -0.3 is 15.7 Å². The molecule has 5 nitrogen and oxygen atoms in total. The number of rotatable bonds is 4. The van der Waals surface area contributed by atoms with E-state index in [1.165, 1.54) is 11.3 Å². The Morgan fingerprint density at radius 1 is 1.25 bits per heavy atom. The monoisotopic (exact) mass is 339 g/mol. The molecule has 1 atom stereocenters. The second-order valence-corrected chi connectivity index (χ2v) is 6.85. The standard InChI is InChI=1S/C18H17N3O2S/c22-14(13-7-3-5-11-4-1-2-6-12(11)13)10-20-18-21-16-15(24-18)8-9-19-17(16)23/h1-7,14,22H,8-10H2,(H,19,23)(H,20,21). The van der Waals surface area contributed by atoms with Crippen LogP contribution in [0.4, 0.5) is 5.13 Å². The number of aliphatic hydroxyl groups is 1. The Morgan fingerprint density at radius 3 is 2.96 bits per heavy atom. The summed E-state index contributed by atoms with van der Waals surface area (Å²) < 4.78 is 0. The van der Waals surface area contributed by atoms with Gasteiger partial charge >= 0.3 is 0 Å². The Balaban J connectivity index is 1.52. The molecule has 0 radical (unpaired) electrons. The van der Waals surface area contributed by atoms with Gasteiger partial charge in [-0.25, -0.2) is 4.98 Å². The van der Waals surface area contributed by atoms with Crippen LogP contribution in [0.2, 0.25) is 0 Å². The largest absolute Gasteiger partial charge is 0.387 e. The van der Waals surface area contributed by atoms with Gasteiger partial charge in [0.25, 0.3) is 5.91 Å². The van der Waals surface area contributed by atoms with Crippen molar-refractivity contribution >= 4 is 33.1 Å². The van der Waals surface area contributed by atoms with Gasteiger partial charge in [-0.2, -0.15) is 0 Å². The van der Waals surface area contributed by atoms with Crippen LogP contribution in [-0.2, 0) is 6.42 Å². The van der Waals surface area contributed by atoms with Crippen LogP contribution in [0.3, 0.4) is 0 Å². The highest BCUT2D eigenvalue weighted by molar-refractivity contribution is 7.15. The summed E-state index contributed by atoms with van der Waals surface area (Å²) in [5, 5.41) is 19.4. The lowest BCUT2D eigenvalue weighted by atomic mass is 10.0. The van der Waals surface area contributed by atoms with E-state index < -0.39 is 6.10 Å². The number of nitrogens with zero attached hydrogens (tertiary/aromatic N) is 1. The van der Waals surface area contributed by atoms with E-state index in [9.17, 15) is 9.90 Å². The zero-order valence-corrected chi connectivity index (χ0v) is 13.8. The Bertz CT molecular complexity index is 901. The summed E-state index contributed by atoms with van der Waals surface area (Å²) in [6.45, 7) is 1.01. The summed E-state index contributed by atoms with van der Waals surface area (Å²) >= 11 is 1.49. The minimum atomic E-state index is -0.647. The van der Waals surface area contributed by atoms with Gasteiger partial charge in [-0.15, -0.1) is 11.3 Å². The Morgan fingerprint density at radius 2 is 2.08 bits per heavy atom. The van der Waals surface area contributed by atoms with Crippen molar-refractivity contribution in [2.24, 2.45) is 0 Å². The first-order valence-corrected chi connectivity index (χ1v) is 8.71. The summed E-state index contributed by atoms with van der Waals surface area (Å²) in [5.74, 6) is -0.116. The van der Waals surface area contributed by atoms with Crippen molar-refractivity contribution in [1.29, 1.82) is 0 Å². The molecule has 1 aliphatic heterocycles. The van der Waals surface area contributed by atoms with Crippen molar-refractivity contribution in [2.45, 2.75) is 12.5 Å². The molecule has 0 saturated heterocycles. The molecule has 1 amide bonds. The maximum atomic E-state index is 11.8. The lowest BCUT2D eigenvalue weighted by Crippen LogP contribution is -2.31. The number of hydrogen-bond donors (Lipinski definition) is 3. The van der Waals surface area contributed by atoms with Crippen molar-refractivity contribution in [2.75, 3.05) is 18.4 Å². The molecule has 6 heteroatoms. The minimum Gasteiger partial charge on any atom is -0.387 e. The molecule has 0 saturated carbocycles. The molecular weight excluding hydrogens is 322 g/mol. The number of hydrogen-bond acceptors (Lipinski definition) is 5. The lowest BCUT2D eigenvalue weighted by molar-refractivity contribution is 0.0942. The molecule has 2 heterocycles. The Kier molecular flexibility index (Phi) is 3.92. The minimum absolute atomic E-state index is 0.116. The maximum Gasteiger partial charge on any atom is 0.271 e. The van der Waals surface area contributed by atoms with Crippen LogP contribution in [0.5, 0.6) is 0 Å². The van der Waals surface area contributed by atoms with Crippen molar-refractivity contribution in [3.05, 3.63) is 58.6 Å². The number of amides is 1. The number of carbonyl (C=O) groups excluding carboxylic acids is 1. The molecule has 3 aromatic rings. The number of nitrogens with one attached hydrogen (secondary N) is 2. The molecule has 0 spiro atoms. The van der Waals surface area contributed by atoms with Crippen molar-refractivity contribution in [3.8, 4) is 0 Å². The van der Waals surface area contributed by atoms with Gasteiger partial charge in [0.2, 0.25) is 0 Å². The third-order valence-electron chi connectivity index (χ3n) is 4.18. The molecule has 3 N–H and O–H groups in total. The van der Waals surface area contributed by atoms with Crippen LogP contribution in [0.25, 0.3) is 10.8 Å². The van der Waals surface area contributed by atoms with E-state index in [1.807, 2.05) is 42.5 Å². The van der Waals surface area contributed by atoms with Crippen LogP contribution < -0.4 is 10.6 Å². The summed E-state index contributed by atoms with van der Waals surface area (Å²) in [7, 11) is 0. The predicted octanol–water partition coefficient (Wildman–Crippen LogP) is 2.73. The summed E-state index contributed by atoms with van der Waals surface area (Å²) in [6, 6.07) is 13.9. The average molecular weight is 339 g/mol. The number of aromatic nitrogens is 1. The first-order valence-electron chi connectivity index (χ1n) is 7.90. The van der Waals surface area contributed by atoms with Crippen molar-refractivity contribution in [3.63, 3.8) is 0 Å². The Hall–Kier alpha value is -2.44. The van der Waals surface area contributed by atoms with Crippen LogP contribution in [0.15, 0.2) is 42.5 Å². The first kappa shape index (κ1) is 15.1. The topological polar surface area (TPSA) is 74.2 Å². The molecule has 4 rings (SSSR count). The second-order valence-electron chi connectivity index (χ2n) is 5.76. The highest BCUT2D eigenvalue weighted by atomic mass is 32.1. The van der Waals surface area contributed by atoms with E-state index in [0.717, 1.165) is 27.6 Å². The Labute approximate surface area is 143 Å². The van der Waals surface area contributed by atoms with E-state index in [2.05, 4.69) is 15.6 Å². The van der Waals surface area contributed by atoms with Crippen molar-refractivity contribution < 1.29 is 9.90 Å². The third kappa shape index (κ3) is 2.74. The number of thiazole rings is 1.